The van der Waals surface area contributed by atoms with Gasteiger partial charge in [0.15, 0.2) is 0 Å². The van der Waals surface area contributed by atoms with Crippen molar-refractivity contribution in [3.8, 4) is 11.1 Å². The van der Waals surface area contributed by atoms with E-state index in [-0.39, 0.29) is 18.8 Å². The molecule has 2 aliphatic carbocycles. The monoisotopic (exact) mass is 257 g/mol. The van der Waals surface area contributed by atoms with Crippen LogP contribution in [0.25, 0.3) is 11.1 Å². The summed E-state index contributed by atoms with van der Waals surface area (Å²) in [6.45, 7) is 0. The predicted molar refractivity (Wildman–Crippen MR) is 45.6 cm³/mol. The summed E-state index contributed by atoms with van der Waals surface area (Å²) < 4.78 is 72.9. The molecule has 0 aromatic carbocycles. The maximum Gasteiger partial charge on any atom is 0.482 e. The zero-order valence-electron chi connectivity index (χ0n) is 7.89. The van der Waals surface area contributed by atoms with Gasteiger partial charge in [-0.3, -0.25) is 0 Å². The van der Waals surface area contributed by atoms with E-state index in [1.807, 2.05) is 0 Å². The largest absolute Gasteiger partial charge is 0.482 e. The Hall–Kier alpha value is -1.22. The first kappa shape index (κ1) is 13.8. The van der Waals surface area contributed by atoms with E-state index in [0.29, 0.717) is 6.07 Å². The normalized spacial score (nSPS) is 12.7. The molecule has 2 aliphatic rings. The first-order chi connectivity index (χ1) is 7.62. The van der Waals surface area contributed by atoms with Crippen LogP contribution in [0.3, 0.4) is 0 Å². The van der Waals surface area contributed by atoms with Gasteiger partial charge in [0.05, 0.1) is 11.1 Å². The van der Waals surface area contributed by atoms with E-state index in [2.05, 4.69) is 0 Å². The zero-order valence-corrected chi connectivity index (χ0v) is 7.89. The molecule has 2 nitrogen and oxygen atoms in total. The predicted octanol–water partition coefficient (Wildman–Crippen LogP) is 2.21. The molecule has 0 fully saturated rings. The van der Waals surface area contributed by atoms with Crippen LogP contribution in [0.5, 0.6) is 0 Å². The van der Waals surface area contributed by atoms with Gasteiger partial charge in [0.1, 0.15) is 0 Å². The van der Waals surface area contributed by atoms with Crippen molar-refractivity contribution < 1.29 is 36.4 Å². The lowest BCUT2D eigenvalue weighted by Gasteiger charge is -2.11. The Bertz CT molecular complexity index is 425. The third kappa shape index (κ3) is 2.92. The summed E-state index contributed by atoms with van der Waals surface area (Å²) in [6.07, 6.45) is -9.88. The quantitative estimate of drug-likeness (QED) is 0.561. The maximum atomic E-state index is 12.2. The van der Waals surface area contributed by atoms with Crippen molar-refractivity contribution in [1.82, 2.24) is 0 Å². The molecule has 0 aromatic rings. The van der Waals surface area contributed by atoms with E-state index >= 15 is 0 Å². The Morgan fingerprint density at radius 3 is 1.65 bits per heavy atom. The van der Waals surface area contributed by atoms with Gasteiger partial charge in [-0.15, -0.1) is 0 Å². The van der Waals surface area contributed by atoms with Crippen LogP contribution in [0, 0.1) is 0 Å². The molecule has 0 aliphatic heterocycles. The van der Waals surface area contributed by atoms with Gasteiger partial charge in [0.25, 0.3) is 0 Å². The summed E-state index contributed by atoms with van der Waals surface area (Å²) >= 11 is 0. The van der Waals surface area contributed by atoms with Crippen molar-refractivity contribution in [2.75, 3.05) is 0 Å². The second-order valence-electron chi connectivity index (χ2n) is 3.06. The fourth-order valence-electron chi connectivity index (χ4n) is 1.36. The van der Waals surface area contributed by atoms with Crippen LogP contribution in [0.1, 0.15) is 11.1 Å². The van der Waals surface area contributed by atoms with Gasteiger partial charge in [-0.25, -0.2) is 0 Å². The highest BCUT2D eigenvalue weighted by molar-refractivity contribution is 6.13. The third-order valence-corrected chi connectivity index (χ3v) is 1.95. The van der Waals surface area contributed by atoms with E-state index < -0.39 is 23.5 Å². The highest BCUT2D eigenvalue weighted by Gasteiger charge is 2.48. The SMILES string of the molecule is FC(F)(F)c1cc2cc-2c1C(F)(F)F.O[B]O. The van der Waals surface area contributed by atoms with Crippen molar-refractivity contribution in [2.24, 2.45) is 0 Å². The van der Waals surface area contributed by atoms with Gasteiger partial charge >= 0.3 is 20.0 Å². The number of alkyl halides is 6. The van der Waals surface area contributed by atoms with Gasteiger partial charge in [-0.1, -0.05) is 0 Å². The molecular formula is C8H4BF6O2. The van der Waals surface area contributed by atoms with Crippen molar-refractivity contribution >= 4 is 7.69 Å². The fraction of sp³-hybridized carbons (Fsp3) is 0.250. The van der Waals surface area contributed by atoms with Crippen molar-refractivity contribution in [1.29, 1.82) is 0 Å². The number of halogens is 6. The Labute approximate surface area is 91.8 Å². The molecular weight excluding hydrogens is 253 g/mol. The lowest BCUT2D eigenvalue weighted by Crippen LogP contribution is -2.14. The van der Waals surface area contributed by atoms with Crippen molar-refractivity contribution in [2.45, 2.75) is 12.4 Å². The van der Waals surface area contributed by atoms with Crippen LogP contribution in [0.2, 0.25) is 0 Å². The Kier molecular flexibility index (Phi) is 3.44. The molecule has 0 saturated heterocycles. The molecule has 0 unspecified atom stereocenters. The maximum absolute atomic E-state index is 12.2. The minimum Gasteiger partial charge on any atom is -0.429 e. The smallest absolute Gasteiger partial charge is 0.429 e. The average molecular weight is 257 g/mol. The summed E-state index contributed by atoms with van der Waals surface area (Å²) in [4.78, 5) is 0. The summed E-state index contributed by atoms with van der Waals surface area (Å²) in [7, 11) is 0. The van der Waals surface area contributed by atoms with Gasteiger partial charge in [-0.2, -0.15) is 26.3 Å². The third-order valence-electron chi connectivity index (χ3n) is 1.95. The fourth-order valence-corrected chi connectivity index (χ4v) is 1.36. The molecule has 0 aromatic heterocycles. The Morgan fingerprint density at radius 1 is 0.882 bits per heavy atom. The second kappa shape index (κ2) is 4.23. The molecule has 17 heavy (non-hydrogen) atoms. The molecule has 0 atom stereocenters. The van der Waals surface area contributed by atoms with Gasteiger partial charge in [0.2, 0.25) is 0 Å². The van der Waals surface area contributed by atoms with Crippen LogP contribution in [0.15, 0.2) is 12.1 Å². The van der Waals surface area contributed by atoms with E-state index in [9.17, 15) is 26.3 Å². The van der Waals surface area contributed by atoms with E-state index in [4.69, 9.17) is 10.0 Å². The molecule has 2 rings (SSSR count). The van der Waals surface area contributed by atoms with Crippen LogP contribution < -0.4 is 0 Å². The van der Waals surface area contributed by atoms with Crippen molar-refractivity contribution in [3.05, 3.63) is 23.3 Å². The minimum atomic E-state index is -4.94. The molecule has 0 heterocycles. The molecule has 2 N–H and O–H groups in total. The topological polar surface area (TPSA) is 40.5 Å². The number of hydrogen-bond acceptors (Lipinski definition) is 2. The lowest BCUT2D eigenvalue weighted by molar-refractivity contribution is -0.161. The molecule has 9 heteroatoms. The highest BCUT2D eigenvalue weighted by Crippen LogP contribution is 2.53. The number of rotatable bonds is 0. The Balaban J connectivity index is 0.000000437. The van der Waals surface area contributed by atoms with Crippen molar-refractivity contribution in [3.63, 3.8) is 0 Å². The van der Waals surface area contributed by atoms with Crippen LogP contribution >= 0.6 is 0 Å². The number of hydrogen-bond donors (Lipinski definition) is 2. The van der Waals surface area contributed by atoms with Crippen LogP contribution in [0.4, 0.5) is 26.3 Å². The number of benzene rings is 1. The summed E-state index contributed by atoms with van der Waals surface area (Å²) in [5.41, 5.74) is -3.44. The lowest BCUT2D eigenvalue weighted by atomic mass is 10.1. The minimum absolute atomic E-state index is 0. The van der Waals surface area contributed by atoms with Gasteiger partial charge in [0, 0.05) is 0 Å². The average Bonchev–Trinajstić information content (AvgIpc) is 2.73. The van der Waals surface area contributed by atoms with Crippen LogP contribution in [-0.4, -0.2) is 17.7 Å². The zero-order chi connectivity index (χ0) is 13.4. The van der Waals surface area contributed by atoms with Gasteiger partial charge < -0.3 is 10.0 Å². The second-order valence-corrected chi connectivity index (χ2v) is 3.06. The standard InChI is InChI=1S/C8H2F6.BH2O2/c9-7(10,11)5-2-3-1-4(3)6(5)8(12,13)14;2-1-3/h1-2H;2-3H. The Morgan fingerprint density at radius 2 is 1.35 bits per heavy atom. The van der Waals surface area contributed by atoms with E-state index in [1.165, 1.54) is 0 Å². The first-order valence-electron chi connectivity index (χ1n) is 4.05. The summed E-state index contributed by atoms with van der Waals surface area (Å²) in [5, 5.41) is 14.0. The molecule has 0 bridgehead atoms. The number of fused-ring (bicyclic) bond motifs is 1. The molecule has 0 amide bonds. The van der Waals surface area contributed by atoms with E-state index in [0.717, 1.165) is 6.07 Å². The molecule has 0 saturated carbocycles. The van der Waals surface area contributed by atoms with Gasteiger partial charge in [-0.05, 0) is 23.3 Å². The van der Waals surface area contributed by atoms with Crippen LogP contribution in [-0.2, 0) is 12.4 Å². The molecule has 1 radical (unpaired) electrons. The summed E-state index contributed by atoms with van der Waals surface area (Å²) in [5.74, 6) is 0. The van der Waals surface area contributed by atoms with E-state index in [1.54, 1.807) is 0 Å². The first-order valence-corrected chi connectivity index (χ1v) is 4.05. The molecule has 0 spiro atoms. The highest BCUT2D eigenvalue weighted by atomic mass is 19.4. The molecule has 93 valence electrons. The summed E-state index contributed by atoms with van der Waals surface area (Å²) in [6, 6.07) is 1.61.